The molecule has 0 fully saturated rings. The number of aryl methyl sites for hydroxylation is 1. The van der Waals surface area contributed by atoms with E-state index in [0.717, 1.165) is 21.3 Å². The summed E-state index contributed by atoms with van der Waals surface area (Å²) in [6.07, 6.45) is 3.33. The second kappa shape index (κ2) is 8.19. The maximum atomic E-state index is 15.1. The van der Waals surface area contributed by atoms with Crippen LogP contribution in [0.2, 0.25) is 5.02 Å². The van der Waals surface area contributed by atoms with Gasteiger partial charge in [-0.05, 0) is 54.4 Å². The molecule has 6 heteroatoms. The van der Waals surface area contributed by atoms with Crippen molar-refractivity contribution in [3.63, 3.8) is 0 Å². The average molecular weight is 448 g/mol. The fraction of sp³-hybridized carbons (Fsp3) is 0.143. The first kappa shape index (κ1) is 19.5. The normalized spacial score (nSPS) is 13.6. The number of oxime groups is 1. The van der Waals surface area contributed by atoms with E-state index in [1.807, 2.05) is 43.3 Å². The molecule has 1 unspecified atom stereocenters. The Morgan fingerprint density at radius 2 is 1.89 bits per heavy atom. The highest BCUT2D eigenvalue weighted by Crippen LogP contribution is 2.43. The Hall–Kier alpha value is -2.24. The van der Waals surface area contributed by atoms with Crippen LogP contribution >= 0.6 is 27.5 Å². The predicted octanol–water partition coefficient (Wildman–Crippen LogP) is 6.13. The molecule has 0 saturated carbocycles. The molecule has 2 aromatic carbocycles. The fourth-order valence-corrected chi connectivity index (χ4v) is 3.81. The van der Waals surface area contributed by atoms with Gasteiger partial charge in [0.1, 0.15) is 5.82 Å². The van der Waals surface area contributed by atoms with Crippen LogP contribution in [0.4, 0.5) is 4.39 Å². The Kier molecular flexibility index (Phi) is 5.92. The fourth-order valence-electron chi connectivity index (χ4n) is 3.38. The van der Waals surface area contributed by atoms with Crippen molar-refractivity contribution in [1.82, 2.24) is 4.98 Å². The molecule has 0 amide bonds. The molecule has 1 heterocycles. The highest BCUT2D eigenvalue weighted by molar-refractivity contribution is 9.10. The Bertz CT molecular complexity index is 978. The first-order chi connectivity index (χ1) is 13.0. The molecule has 0 bridgehead atoms. The Morgan fingerprint density at radius 3 is 2.52 bits per heavy atom. The third-order valence-corrected chi connectivity index (χ3v) is 5.36. The van der Waals surface area contributed by atoms with Gasteiger partial charge in [0.15, 0.2) is 0 Å². The van der Waals surface area contributed by atoms with Crippen LogP contribution in [0.15, 0.2) is 70.4 Å². The van der Waals surface area contributed by atoms with Crippen molar-refractivity contribution in [3.8, 4) is 0 Å². The van der Waals surface area contributed by atoms with Crippen molar-refractivity contribution in [1.29, 1.82) is 0 Å². The zero-order valence-corrected chi connectivity index (χ0v) is 16.9. The van der Waals surface area contributed by atoms with Gasteiger partial charge in [0, 0.05) is 39.6 Å². The summed E-state index contributed by atoms with van der Waals surface area (Å²) in [5.41, 5.74) is 2.05. The lowest BCUT2D eigenvalue weighted by Gasteiger charge is -2.35. The van der Waals surface area contributed by atoms with E-state index in [9.17, 15) is 0 Å². The minimum absolute atomic E-state index is 0.257. The van der Waals surface area contributed by atoms with E-state index < -0.39 is 11.2 Å². The summed E-state index contributed by atoms with van der Waals surface area (Å²) in [5, 5.41) is 12.6. The van der Waals surface area contributed by atoms with Gasteiger partial charge in [0.25, 0.3) is 0 Å². The zero-order valence-electron chi connectivity index (χ0n) is 14.5. The van der Waals surface area contributed by atoms with Crippen molar-refractivity contribution in [2.45, 2.75) is 18.8 Å². The smallest absolute Gasteiger partial charge is 0.129 e. The van der Waals surface area contributed by atoms with Crippen molar-refractivity contribution in [2.24, 2.45) is 5.16 Å². The van der Waals surface area contributed by atoms with E-state index in [0.29, 0.717) is 10.6 Å². The monoisotopic (exact) mass is 446 g/mol. The lowest BCUT2D eigenvalue weighted by molar-refractivity contribution is 0.319. The highest BCUT2D eigenvalue weighted by atomic mass is 79.9. The third-order valence-electron chi connectivity index (χ3n) is 4.60. The summed E-state index contributed by atoms with van der Waals surface area (Å²) < 4.78 is 16.0. The standard InChI is InChI=1S/C21H17BrClFN2O/c1-14-12-16(8-10-25-14)21(9-11-26-27,15-2-4-17(22)5-3-15)19-7-6-18(23)13-20(19)24/h2-8,10-13,27H,9H2,1H3/b26-11+. The van der Waals surface area contributed by atoms with Gasteiger partial charge in [-0.2, -0.15) is 0 Å². The van der Waals surface area contributed by atoms with E-state index >= 15 is 4.39 Å². The summed E-state index contributed by atoms with van der Waals surface area (Å²) in [6.45, 7) is 1.88. The quantitative estimate of drug-likeness (QED) is 0.290. The van der Waals surface area contributed by atoms with Crippen molar-refractivity contribution in [3.05, 3.63) is 98.5 Å². The summed E-state index contributed by atoms with van der Waals surface area (Å²) in [5.74, 6) is -0.425. The van der Waals surface area contributed by atoms with Crippen LogP contribution < -0.4 is 0 Å². The summed E-state index contributed by atoms with van der Waals surface area (Å²) in [6, 6.07) is 16.1. The molecule has 27 heavy (non-hydrogen) atoms. The van der Waals surface area contributed by atoms with Crippen LogP contribution in [0, 0.1) is 12.7 Å². The number of benzene rings is 2. The van der Waals surface area contributed by atoms with E-state index in [4.69, 9.17) is 16.8 Å². The molecule has 0 aliphatic heterocycles. The van der Waals surface area contributed by atoms with Crippen molar-refractivity contribution < 1.29 is 9.60 Å². The van der Waals surface area contributed by atoms with Gasteiger partial charge in [-0.3, -0.25) is 4.98 Å². The SMILES string of the molecule is Cc1cc(C(C/C=N/O)(c2ccc(Br)cc2)c2ccc(Cl)cc2F)ccn1. The van der Waals surface area contributed by atoms with Crippen LogP contribution in [0.5, 0.6) is 0 Å². The second-order valence-corrected chi connectivity index (χ2v) is 7.58. The zero-order chi connectivity index (χ0) is 19.4. The minimum atomic E-state index is -0.907. The molecule has 0 aliphatic rings. The molecule has 0 aliphatic carbocycles. The molecule has 1 aromatic heterocycles. The molecule has 3 aromatic rings. The largest absolute Gasteiger partial charge is 0.411 e. The molecule has 3 rings (SSSR count). The topological polar surface area (TPSA) is 45.5 Å². The van der Waals surface area contributed by atoms with Gasteiger partial charge in [0.05, 0.1) is 5.41 Å². The van der Waals surface area contributed by atoms with Crippen LogP contribution in [-0.2, 0) is 5.41 Å². The Labute approximate surface area is 170 Å². The van der Waals surface area contributed by atoms with Crippen LogP contribution in [0.1, 0.15) is 28.8 Å². The molecule has 0 spiro atoms. The number of pyridine rings is 1. The molecule has 138 valence electrons. The summed E-state index contributed by atoms with van der Waals surface area (Å²) in [4.78, 5) is 4.27. The van der Waals surface area contributed by atoms with Crippen LogP contribution in [-0.4, -0.2) is 16.4 Å². The van der Waals surface area contributed by atoms with Gasteiger partial charge >= 0.3 is 0 Å². The Balaban J connectivity index is 2.39. The van der Waals surface area contributed by atoms with Gasteiger partial charge in [-0.25, -0.2) is 4.39 Å². The van der Waals surface area contributed by atoms with Crippen LogP contribution in [0.3, 0.4) is 0 Å². The maximum Gasteiger partial charge on any atom is 0.129 e. The molecule has 3 nitrogen and oxygen atoms in total. The van der Waals surface area contributed by atoms with Crippen molar-refractivity contribution >= 4 is 33.7 Å². The average Bonchev–Trinajstić information content (AvgIpc) is 2.64. The third kappa shape index (κ3) is 3.89. The molecule has 0 radical (unpaired) electrons. The number of hydrogen-bond donors (Lipinski definition) is 1. The second-order valence-electron chi connectivity index (χ2n) is 6.22. The summed E-state index contributed by atoms with van der Waals surface area (Å²) >= 11 is 9.43. The van der Waals surface area contributed by atoms with Crippen LogP contribution in [0.25, 0.3) is 0 Å². The molecule has 1 N–H and O–H groups in total. The Morgan fingerprint density at radius 1 is 1.15 bits per heavy atom. The molecule has 0 saturated heterocycles. The van der Waals surface area contributed by atoms with E-state index in [-0.39, 0.29) is 6.42 Å². The summed E-state index contributed by atoms with van der Waals surface area (Å²) in [7, 11) is 0. The van der Waals surface area contributed by atoms with Gasteiger partial charge < -0.3 is 5.21 Å². The predicted molar refractivity (Wildman–Crippen MR) is 109 cm³/mol. The van der Waals surface area contributed by atoms with E-state index in [1.165, 1.54) is 12.3 Å². The lowest BCUT2D eigenvalue weighted by Crippen LogP contribution is -2.31. The lowest BCUT2D eigenvalue weighted by atomic mass is 9.67. The molecular formula is C21H17BrClFN2O. The number of rotatable bonds is 5. The number of aromatic nitrogens is 1. The van der Waals surface area contributed by atoms with Crippen molar-refractivity contribution in [2.75, 3.05) is 0 Å². The number of halogens is 3. The molecule has 1 atom stereocenters. The van der Waals surface area contributed by atoms with Gasteiger partial charge in [-0.1, -0.05) is 45.7 Å². The van der Waals surface area contributed by atoms with E-state index in [2.05, 4.69) is 26.1 Å². The molecular weight excluding hydrogens is 431 g/mol. The maximum absolute atomic E-state index is 15.1. The number of hydrogen-bond acceptors (Lipinski definition) is 3. The van der Waals surface area contributed by atoms with Gasteiger partial charge in [0.2, 0.25) is 0 Å². The first-order valence-corrected chi connectivity index (χ1v) is 9.45. The highest BCUT2D eigenvalue weighted by Gasteiger charge is 2.38. The number of nitrogens with zero attached hydrogens (tertiary/aromatic N) is 2. The van der Waals surface area contributed by atoms with E-state index in [1.54, 1.807) is 18.3 Å². The minimum Gasteiger partial charge on any atom is -0.411 e. The first-order valence-electron chi connectivity index (χ1n) is 8.28. The van der Waals surface area contributed by atoms with Gasteiger partial charge in [-0.15, -0.1) is 5.16 Å².